The van der Waals surface area contributed by atoms with Crippen molar-refractivity contribution in [3.05, 3.63) is 23.9 Å². The minimum atomic E-state index is 0. The van der Waals surface area contributed by atoms with E-state index < -0.39 is 0 Å². The second-order valence-corrected chi connectivity index (χ2v) is 3.96. The van der Waals surface area contributed by atoms with E-state index in [1.54, 1.807) is 0 Å². The number of aromatic nitrogens is 1. The van der Waals surface area contributed by atoms with Crippen molar-refractivity contribution in [1.29, 1.82) is 0 Å². The summed E-state index contributed by atoms with van der Waals surface area (Å²) in [5.41, 5.74) is 11.6. The molecule has 0 amide bonds. The van der Waals surface area contributed by atoms with Crippen LogP contribution in [0.15, 0.2) is 23.3 Å². The highest BCUT2D eigenvalue weighted by molar-refractivity contribution is 14.0. The third kappa shape index (κ3) is 4.03. The maximum absolute atomic E-state index is 5.27. The molecule has 0 radical (unpaired) electrons. The van der Waals surface area contributed by atoms with E-state index in [-0.39, 0.29) is 29.9 Å². The summed E-state index contributed by atoms with van der Waals surface area (Å²) >= 11 is 0. The number of anilines is 1. The number of hydrogen-bond donors (Lipinski definition) is 2. The van der Waals surface area contributed by atoms with E-state index in [1.807, 2.05) is 18.3 Å². The van der Waals surface area contributed by atoms with E-state index in [9.17, 15) is 0 Å². The van der Waals surface area contributed by atoms with Crippen LogP contribution >= 0.6 is 24.0 Å². The van der Waals surface area contributed by atoms with Gasteiger partial charge in [0.1, 0.15) is 5.82 Å². The first-order valence-corrected chi connectivity index (χ1v) is 5.51. The van der Waals surface area contributed by atoms with Crippen LogP contribution in [0.5, 0.6) is 0 Å². The van der Waals surface area contributed by atoms with Crippen molar-refractivity contribution >= 4 is 35.8 Å². The summed E-state index contributed by atoms with van der Waals surface area (Å²) in [6.07, 6.45) is 4.36. The van der Waals surface area contributed by atoms with E-state index in [4.69, 9.17) is 11.5 Å². The SMILES string of the molecule is I.NC(N)=NCc1ccc(N2CCCC2)nc1. The van der Waals surface area contributed by atoms with Gasteiger partial charge in [-0.15, -0.1) is 24.0 Å². The third-order valence-electron chi connectivity index (χ3n) is 2.68. The Labute approximate surface area is 118 Å². The first kappa shape index (κ1) is 14.0. The lowest BCUT2D eigenvalue weighted by atomic mass is 10.3. The Bertz CT molecular complexity index is 366. The first-order chi connectivity index (χ1) is 7.75. The zero-order chi connectivity index (χ0) is 11.4. The van der Waals surface area contributed by atoms with Crippen molar-refractivity contribution in [1.82, 2.24) is 4.98 Å². The number of hydrogen-bond acceptors (Lipinski definition) is 3. The zero-order valence-electron chi connectivity index (χ0n) is 9.67. The Morgan fingerprint density at radius 1 is 1.29 bits per heavy atom. The molecule has 1 fully saturated rings. The van der Waals surface area contributed by atoms with Gasteiger partial charge in [0.25, 0.3) is 0 Å². The number of guanidine groups is 1. The lowest BCUT2D eigenvalue weighted by molar-refractivity contribution is 0.928. The third-order valence-corrected chi connectivity index (χ3v) is 2.68. The summed E-state index contributed by atoms with van der Waals surface area (Å²) in [5.74, 6) is 1.16. The molecule has 6 heteroatoms. The van der Waals surface area contributed by atoms with Gasteiger partial charge in [0.2, 0.25) is 0 Å². The molecule has 17 heavy (non-hydrogen) atoms. The number of aliphatic imine (C=N–C) groups is 1. The van der Waals surface area contributed by atoms with Crippen molar-refractivity contribution in [3.63, 3.8) is 0 Å². The minimum Gasteiger partial charge on any atom is -0.370 e. The zero-order valence-corrected chi connectivity index (χ0v) is 12.0. The maximum atomic E-state index is 5.27. The summed E-state index contributed by atoms with van der Waals surface area (Å²) in [6, 6.07) is 4.05. The molecule has 0 aliphatic carbocycles. The Morgan fingerprint density at radius 3 is 2.53 bits per heavy atom. The Morgan fingerprint density at radius 2 is 2.00 bits per heavy atom. The molecule has 0 atom stereocenters. The summed E-state index contributed by atoms with van der Waals surface area (Å²) in [4.78, 5) is 10.7. The van der Waals surface area contributed by atoms with E-state index in [0.717, 1.165) is 24.5 Å². The number of halogens is 1. The molecule has 1 aromatic rings. The van der Waals surface area contributed by atoms with Crippen LogP contribution in [0.4, 0.5) is 5.82 Å². The topological polar surface area (TPSA) is 80.5 Å². The summed E-state index contributed by atoms with van der Waals surface area (Å²) in [5, 5.41) is 0. The smallest absolute Gasteiger partial charge is 0.186 e. The maximum Gasteiger partial charge on any atom is 0.186 e. The van der Waals surface area contributed by atoms with Crippen LogP contribution in [0.25, 0.3) is 0 Å². The van der Waals surface area contributed by atoms with Gasteiger partial charge in [-0.3, -0.25) is 0 Å². The molecule has 1 aliphatic rings. The molecule has 1 aliphatic heterocycles. The molecule has 94 valence electrons. The van der Waals surface area contributed by atoms with Crippen molar-refractivity contribution in [3.8, 4) is 0 Å². The fourth-order valence-corrected chi connectivity index (χ4v) is 1.83. The molecule has 2 rings (SSSR count). The molecule has 0 unspecified atom stereocenters. The van der Waals surface area contributed by atoms with Gasteiger partial charge in [-0.05, 0) is 24.5 Å². The Balaban J connectivity index is 0.00000144. The lowest BCUT2D eigenvalue weighted by Crippen LogP contribution is -2.22. The quantitative estimate of drug-likeness (QED) is 0.487. The van der Waals surface area contributed by atoms with Gasteiger partial charge < -0.3 is 16.4 Å². The molecule has 0 spiro atoms. The molecular weight excluding hydrogens is 329 g/mol. The molecule has 1 saturated heterocycles. The monoisotopic (exact) mass is 347 g/mol. The Kier molecular flexibility index (Phi) is 5.46. The highest BCUT2D eigenvalue weighted by Gasteiger charge is 2.12. The summed E-state index contributed by atoms with van der Waals surface area (Å²) in [6.45, 7) is 2.72. The van der Waals surface area contributed by atoms with Crippen molar-refractivity contribution < 1.29 is 0 Å². The number of rotatable bonds is 3. The van der Waals surface area contributed by atoms with E-state index in [2.05, 4.69) is 14.9 Å². The van der Waals surface area contributed by atoms with Crippen molar-refractivity contribution in [2.75, 3.05) is 18.0 Å². The minimum absolute atomic E-state index is 0. The van der Waals surface area contributed by atoms with Crippen molar-refractivity contribution in [2.24, 2.45) is 16.5 Å². The highest BCUT2D eigenvalue weighted by Crippen LogP contribution is 2.17. The van der Waals surface area contributed by atoms with Gasteiger partial charge in [0.15, 0.2) is 5.96 Å². The second kappa shape index (κ2) is 6.63. The van der Waals surface area contributed by atoms with Crippen LogP contribution < -0.4 is 16.4 Å². The van der Waals surface area contributed by atoms with Gasteiger partial charge in [-0.2, -0.15) is 0 Å². The van der Waals surface area contributed by atoms with Crippen LogP contribution in [-0.4, -0.2) is 24.0 Å². The number of nitrogens with two attached hydrogens (primary N) is 2. The normalized spacial score (nSPS) is 14.2. The molecule has 2 heterocycles. The first-order valence-electron chi connectivity index (χ1n) is 5.51. The molecule has 0 bridgehead atoms. The van der Waals surface area contributed by atoms with E-state index >= 15 is 0 Å². The van der Waals surface area contributed by atoms with Gasteiger partial charge in [0, 0.05) is 19.3 Å². The molecule has 1 aromatic heterocycles. The van der Waals surface area contributed by atoms with E-state index in [1.165, 1.54) is 12.8 Å². The molecule has 4 N–H and O–H groups in total. The van der Waals surface area contributed by atoms with Crippen molar-refractivity contribution in [2.45, 2.75) is 19.4 Å². The summed E-state index contributed by atoms with van der Waals surface area (Å²) < 4.78 is 0. The standard InChI is InChI=1S/C11H17N5.HI/c12-11(13)15-8-9-3-4-10(14-7-9)16-5-1-2-6-16;/h3-4,7H,1-2,5-6,8H2,(H4,12,13,15);1H. The molecule has 5 nitrogen and oxygen atoms in total. The largest absolute Gasteiger partial charge is 0.370 e. The van der Waals surface area contributed by atoms with Crippen LogP contribution in [0.1, 0.15) is 18.4 Å². The fraction of sp³-hybridized carbons (Fsp3) is 0.455. The Hall–Kier alpha value is -1.05. The van der Waals surface area contributed by atoms with Crippen LogP contribution in [-0.2, 0) is 6.54 Å². The second-order valence-electron chi connectivity index (χ2n) is 3.96. The van der Waals surface area contributed by atoms with Gasteiger partial charge in [-0.1, -0.05) is 6.07 Å². The molecule has 0 saturated carbocycles. The molecular formula is C11H18IN5. The van der Waals surface area contributed by atoms with Crippen LogP contribution in [0, 0.1) is 0 Å². The predicted octanol–water partition coefficient (Wildman–Crippen LogP) is 1.07. The lowest BCUT2D eigenvalue weighted by Gasteiger charge is -2.15. The number of nitrogens with zero attached hydrogens (tertiary/aromatic N) is 3. The average molecular weight is 347 g/mol. The summed E-state index contributed by atoms with van der Waals surface area (Å²) in [7, 11) is 0. The highest BCUT2D eigenvalue weighted by atomic mass is 127. The van der Waals surface area contributed by atoms with E-state index in [0.29, 0.717) is 6.54 Å². The van der Waals surface area contributed by atoms with Crippen LogP contribution in [0.3, 0.4) is 0 Å². The van der Waals surface area contributed by atoms with Gasteiger partial charge >= 0.3 is 0 Å². The van der Waals surface area contributed by atoms with Gasteiger partial charge in [0.05, 0.1) is 6.54 Å². The van der Waals surface area contributed by atoms with Gasteiger partial charge in [-0.25, -0.2) is 9.98 Å². The average Bonchev–Trinajstić information content (AvgIpc) is 2.80. The molecule has 0 aromatic carbocycles. The predicted molar refractivity (Wildman–Crippen MR) is 80.6 cm³/mol. The van der Waals surface area contributed by atoms with Crippen LogP contribution in [0.2, 0.25) is 0 Å². The number of pyridine rings is 1. The fourth-order valence-electron chi connectivity index (χ4n) is 1.83.